The van der Waals surface area contributed by atoms with Gasteiger partial charge in [0.1, 0.15) is 11.5 Å². The fourth-order valence-electron chi connectivity index (χ4n) is 3.61. The van der Waals surface area contributed by atoms with Gasteiger partial charge in [-0.3, -0.25) is 4.79 Å². The van der Waals surface area contributed by atoms with Crippen LogP contribution in [0.4, 0.5) is 5.69 Å². The molecule has 0 aromatic heterocycles. The van der Waals surface area contributed by atoms with E-state index >= 15 is 0 Å². The summed E-state index contributed by atoms with van der Waals surface area (Å²) < 4.78 is 38.2. The summed E-state index contributed by atoms with van der Waals surface area (Å²) in [6.07, 6.45) is 2.85. The number of hydrogen-bond acceptors (Lipinski definition) is 5. The van der Waals surface area contributed by atoms with Crippen molar-refractivity contribution in [2.75, 3.05) is 32.6 Å². The Morgan fingerprint density at radius 2 is 1.67 bits per heavy atom. The van der Waals surface area contributed by atoms with Gasteiger partial charge < -0.3 is 14.8 Å². The van der Waals surface area contributed by atoms with Crippen LogP contribution < -0.4 is 14.8 Å². The number of piperidine rings is 1. The smallest absolute Gasteiger partial charge is 0.243 e. The molecule has 8 heteroatoms. The van der Waals surface area contributed by atoms with Gasteiger partial charge >= 0.3 is 0 Å². The molecule has 1 amide bonds. The summed E-state index contributed by atoms with van der Waals surface area (Å²) >= 11 is 0. The van der Waals surface area contributed by atoms with Gasteiger partial charge in [0.25, 0.3) is 0 Å². The van der Waals surface area contributed by atoms with Crippen LogP contribution in [0, 0.1) is 6.92 Å². The number of benzene rings is 2. The molecule has 1 saturated heterocycles. The molecule has 0 spiro atoms. The first-order valence-corrected chi connectivity index (χ1v) is 11.4. The zero-order valence-corrected chi connectivity index (χ0v) is 18.4. The second-order valence-corrected chi connectivity index (χ2v) is 9.31. The first-order valence-electron chi connectivity index (χ1n) is 9.96. The maximum Gasteiger partial charge on any atom is 0.243 e. The lowest BCUT2D eigenvalue weighted by atomic mass is 10.1. The van der Waals surface area contributed by atoms with Crippen molar-refractivity contribution in [2.45, 2.75) is 37.5 Å². The molecule has 30 heavy (non-hydrogen) atoms. The number of nitrogens with zero attached hydrogens (tertiary/aromatic N) is 1. The van der Waals surface area contributed by atoms with Gasteiger partial charge in [-0.15, -0.1) is 0 Å². The van der Waals surface area contributed by atoms with Crippen molar-refractivity contribution in [3.05, 3.63) is 47.5 Å². The molecule has 1 aliphatic heterocycles. The molecule has 0 saturated carbocycles. The second kappa shape index (κ2) is 9.49. The highest BCUT2D eigenvalue weighted by Gasteiger charge is 2.27. The number of carbonyl (C=O) groups is 1. The van der Waals surface area contributed by atoms with E-state index in [4.69, 9.17) is 9.47 Å². The quantitative estimate of drug-likeness (QED) is 0.725. The van der Waals surface area contributed by atoms with Gasteiger partial charge in [0.15, 0.2) is 0 Å². The third kappa shape index (κ3) is 4.94. The van der Waals surface area contributed by atoms with E-state index in [9.17, 15) is 13.2 Å². The fraction of sp³-hybridized carbons (Fsp3) is 0.409. The number of carbonyl (C=O) groups excluding carboxylic acids is 1. The van der Waals surface area contributed by atoms with Crippen molar-refractivity contribution in [3.63, 3.8) is 0 Å². The Bertz CT molecular complexity index is 1010. The molecule has 2 aromatic carbocycles. The Hall–Kier alpha value is -2.58. The molecule has 2 aromatic rings. The molecule has 3 rings (SSSR count). The number of hydrogen-bond donors (Lipinski definition) is 1. The monoisotopic (exact) mass is 432 g/mol. The van der Waals surface area contributed by atoms with Gasteiger partial charge in [-0.05, 0) is 44.0 Å². The van der Waals surface area contributed by atoms with Crippen LogP contribution in [-0.2, 0) is 21.2 Å². The summed E-state index contributed by atoms with van der Waals surface area (Å²) in [6, 6.07) is 10.2. The van der Waals surface area contributed by atoms with Crippen molar-refractivity contribution in [2.24, 2.45) is 0 Å². The Kier molecular flexibility index (Phi) is 6.99. The molecule has 1 fully saturated rings. The molecule has 0 radical (unpaired) electrons. The molecule has 162 valence electrons. The molecule has 0 atom stereocenters. The lowest BCUT2D eigenvalue weighted by molar-refractivity contribution is -0.115. The number of sulfonamides is 1. The maximum atomic E-state index is 13.0. The number of rotatable bonds is 7. The Balaban J connectivity index is 1.84. The van der Waals surface area contributed by atoms with Crippen LogP contribution in [-0.4, -0.2) is 45.9 Å². The molecular weight excluding hydrogens is 404 g/mol. The van der Waals surface area contributed by atoms with Crippen molar-refractivity contribution < 1.29 is 22.7 Å². The van der Waals surface area contributed by atoms with Crippen LogP contribution in [0.5, 0.6) is 11.5 Å². The third-order valence-electron chi connectivity index (χ3n) is 5.18. The van der Waals surface area contributed by atoms with E-state index < -0.39 is 10.0 Å². The normalized spacial score (nSPS) is 14.9. The van der Waals surface area contributed by atoms with Crippen LogP contribution in [0.3, 0.4) is 0 Å². The minimum Gasteiger partial charge on any atom is -0.496 e. The molecular formula is C22H28N2O5S. The Morgan fingerprint density at radius 3 is 2.33 bits per heavy atom. The zero-order chi connectivity index (χ0) is 21.7. The molecule has 1 N–H and O–H groups in total. The molecule has 0 bridgehead atoms. The fourth-order valence-corrected chi connectivity index (χ4v) is 5.16. The number of nitrogens with one attached hydrogen (secondary N) is 1. The van der Waals surface area contributed by atoms with Crippen LogP contribution in [0.15, 0.2) is 41.3 Å². The lowest BCUT2D eigenvalue weighted by Crippen LogP contribution is -2.35. The standard InChI is InChI=1S/C22H28N2O5S/c1-16-7-9-20(28-2)17(13-16)14-22(25)23-19-15-18(8-10-21(19)29-3)30(26,27)24-11-5-4-6-12-24/h7-10,13,15H,4-6,11-12,14H2,1-3H3,(H,23,25). The number of ether oxygens (including phenoxy) is 2. The first kappa shape index (κ1) is 22.1. The third-order valence-corrected chi connectivity index (χ3v) is 7.08. The molecule has 7 nitrogen and oxygen atoms in total. The molecule has 0 unspecified atom stereocenters. The second-order valence-electron chi connectivity index (χ2n) is 7.37. The van der Waals surface area contributed by atoms with Gasteiger partial charge in [-0.2, -0.15) is 4.31 Å². The summed E-state index contributed by atoms with van der Waals surface area (Å²) in [4.78, 5) is 12.9. The van der Waals surface area contributed by atoms with E-state index in [0.29, 0.717) is 30.3 Å². The predicted molar refractivity (Wildman–Crippen MR) is 116 cm³/mol. The van der Waals surface area contributed by atoms with Crippen molar-refractivity contribution >= 4 is 21.6 Å². The van der Waals surface area contributed by atoms with E-state index in [-0.39, 0.29) is 17.2 Å². The predicted octanol–water partition coefficient (Wildman–Crippen LogP) is 3.37. The number of methoxy groups -OCH3 is 2. The van der Waals surface area contributed by atoms with E-state index in [1.165, 1.54) is 23.5 Å². The van der Waals surface area contributed by atoms with E-state index in [2.05, 4.69) is 5.32 Å². The minimum atomic E-state index is -3.61. The van der Waals surface area contributed by atoms with Gasteiger partial charge in [-0.25, -0.2) is 8.42 Å². The van der Waals surface area contributed by atoms with Crippen LogP contribution in [0.25, 0.3) is 0 Å². The summed E-state index contributed by atoms with van der Waals surface area (Å²) in [6.45, 7) is 2.98. The van der Waals surface area contributed by atoms with Crippen molar-refractivity contribution in [1.29, 1.82) is 0 Å². The summed E-state index contributed by atoms with van der Waals surface area (Å²) in [5, 5.41) is 2.79. The maximum absolute atomic E-state index is 13.0. The van der Waals surface area contributed by atoms with Gasteiger partial charge in [-0.1, -0.05) is 24.1 Å². The summed E-state index contributed by atoms with van der Waals surface area (Å²) in [5.41, 5.74) is 2.10. The molecule has 1 aliphatic rings. The van der Waals surface area contributed by atoms with Gasteiger partial charge in [0, 0.05) is 18.7 Å². The van der Waals surface area contributed by atoms with Crippen molar-refractivity contribution in [3.8, 4) is 11.5 Å². The van der Waals surface area contributed by atoms with Crippen LogP contribution in [0.2, 0.25) is 0 Å². The zero-order valence-electron chi connectivity index (χ0n) is 17.6. The number of anilines is 1. The largest absolute Gasteiger partial charge is 0.496 e. The summed E-state index contributed by atoms with van der Waals surface area (Å²) in [7, 11) is -0.575. The van der Waals surface area contributed by atoms with Crippen LogP contribution in [0.1, 0.15) is 30.4 Å². The highest BCUT2D eigenvalue weighted by atomic mass is 32.2. The average Bonchev–Trinajstić information content (AvgIpc) is 2.74. The highest BCUT2D eigenvalue weighted by Crippen LogP contribution is 2.30. The minimum absolute atomic E-state index is 0.0944. The first-order chi connectivity index (χ1) is 14.3. The number of aryl methyl sites for hydroxylation is 1. The Labute approximate surface area is 178 Å². The van der Waals surface area contributed by atoms with E-state index in [1.54, 1.807) is 13.2 Å². The highest BCUT2D eigenvalue weighted by molar-refractivity contribution is 7.89. The topological polar surface area (TPSA) is 84.9 Å². The van der Waals surface area contributed by atoms with Crippen molar-refractivity contribution in [1.82, 2.24) is 4.31 Å². The van der Waals surface area contributed by atoms with E-state index in [1.807, 2.05) is 25.1 Å². The average molecular weight is 433 g/mol. The Morgan fingerprint density at radius 1 is 1.00 bits per heavy atom. The SMILES string of the molecule is COc1ccc(C)cc1CC(=O)Nc1cc(S(=O)(=O)N2CCCCC2)ccc1OC. The van der Waals surface area contributed by atoms with E-state index in [0.717, 1.165) is 30.4 Å². The summed E-state index contributed by atoms with van der Waals surface area (Å²) in [5.74, 6) is 0.742. The van der Waals surface area contributed by atoms with Gasteiger partial charge in [0.2, 0.25) is 15.9 Å². The molecule has 1 heterocycles. The lowest BCUT2D eigenvalue weighted by Gasteiger charge is -2.26. The molecule has 0 aliphatic carbocycles. The number of amides is 1. The van der Waals surface area contributed by atoms with Crippen LogP contribution >= 0.6 is 0 Å². The van der Waals surface area contributed by atoms with Gasteiger partial charge in [0.05, 0.1) is 31.2 Å².